The van der Waals surface area contributed by atoms with Crippen molar-refractivity contribution < 1.29 is 111 Å². The first-order valence-corrected chi connectivity index (χ1v) is 57.9. The minimum Gasteiger partial charge on any atom is -0.606 e. The standard InChI is InChI=1S/C110H207N2O23P/c1-15-22-29-36-43-45-46-48-55-62-68-75-88(13)106(120)128-91(84(9)71-64-57-50-39-32-25-18-4)78-96(115)111-100-104(133-98(117)77-90(114)83(8)70-63-56-49-38-31-24-17-3)102(119)95(131-109(100)123)82-127-110-101(112-97(116)79-92(85(10)72-65-58-51-40-33-26-19-5)129-107(121)87(12)74-67-60-53-42-35-28-21-7)105(103(94(81-113)132-110)135-136(124,125)126)134-99(118)80-93(86(11)73-66-59-52-41-34-27-20-6)130-108(122)89(14)76-69-61-54-47-44-37-30-23-16-2/h83-95,100-105,109-110,113-114,119,123H,15-82H2,1-14H3,(H,111,115)(H,112,116)(H2,124,125,126). The van der Waals surface area contributed by atoms with Crippen LogP contribution >= 0.6 is 8.17 Å². The van der Waals surface area contributed by atoms with E-state index in [0.717, 1.165) is 283 Å². The number of ether oxygens (including phenoxy) is 8. The number of amides is 2. The molecule has 2 heterocycles. The Hall–Kier alpha value is -3.72. The number of aliphatic hydroxyl groups is 4. The number of hydrogen-bond acceptors (Lipinski definition) is 23. The van der Waals surface area contributed by atoms with Gasteiger partial charge in [-0.1, -0.05) is 450 Å². The van der Waals surface area contributed by atoms with Gasteiger partial charge in [0.05, 0.1) is 62.8 Å². The van der Waals surface area contributed by atoms with E-state index in [0.29, 0.717) is 44.9 Å². The van der Waals surface area contributed by atoms with Crippen LogP contribution in [0.15, 0.2) is 0 Å². The molecule has 2 fully saturated rings. The number of hydrogen-bond donors (Lipinski definition) is 8. The van der Waals surface area contributed by atoms with Crippen LogP contribution in [0.3, 0.4) is 0 Å². The number of nitrogens with one attached hydrogen (secondary N) is 2. The van der Waals surface area contributed by atoms with E-state index in [4.69, 9.17) is 42.4 Å². The average Bonchev–Trinajstić information content (AvgIpc) is 0.784. The zero-order valence-electron chi connectivity index (χ0n) is 88.8. The van der Waals surface area contributed by atoms with Crippen LogP contribution in [-0.2, 0) is 76.0 Å². The maximum atomic E-state index is 15.5. The van der Waals surface area contributed by atoms with E-state index in [2.05, 4.69) is 59.1 Å². The van der Waals surface area contributed by atoms with Crippen molar-refractivity contribution in [1.29, 1.82) is 0 Å². The summed E-state index contributed by atoms with van der Waals surface area (Å²) in [6, 6.07) is -3.59. The fraction of sp³-hybridized carbons (Fsp3) is 0.936. The minimum atomic E-state index is -5.68. The van der Waals surface area contributed by atoms with E-state index in [9.17, 15) is 59.1 Å². The molecule has 0 aromatic heterocycles. The number of esters is 5. The summed E-state index contributed by atoms with van der Waals surface area (Å²) in [4.78, 5) is 138. The zero-order chi connectivity index (χ0) is 101. The highest BCUT2D eigenvalue weighted by Gasteiger charge is 2.56. The van der Waals surface area contributed by atoms with Gasteiger partial charge in [-0.05, 0) is 68.6 Å². The van der Waals surface area contributed by atoms with Crippen LogP contribution in [0.2, 0.25) is 0 Å². The summed E-state index contributed by atoms with van der Waals surface area (Å²) in [7, 11) is -5.68. The monoisotopic (exact) mass is 1960 g/mol. The molecule has 21 unspecified atom stereocenters. The van der Waals surface area contributed by atoms with Crippen molar-refractivity contribution in [2.24, 2.45) is 41.4 Å². The Kier molecular flexibility index (Phi) is 77.0. The fourth-order valence-electron chi connectivity index (χ4n) is 19.1. The zero-order valence-corrected chi connectivity index (χ0v) is 89.7. The van der Waals surface area contributed by atoms with Crippen molar-refractivity contribution in [3.63, 3.8) is 0 Å². The summed E-state index contributed by atoms with van der Waals surface area (Å²) >= 11 is 0. The summed E-state index contributed by atoms with van der Waals surface area (Å²) in [5, 5.41) is 54.1. The van der Waals surface area contributed by atoms with Crippen LogP contribution in [0.25, 0.3) is 0 Å². The quantitative estimate of drug-likeness (QED) is 0.0121. The fourth-order valence-corrected chi connectivity index (χ4v) is 19.6. The molecule has 800 valence electrons. The van der Waals surface area contributed by atoms with Crippen LogP contribution in [0.1, 0.15) is 521 Å². The molecule has 0 aromatic carbocycles. The molecule has 0 aromatic rings. The van der Waals surface area contributed by atoms with Gasteiger partial charge in [0.2, 0.25) is 11.8 Å². The molecule has 0 aliphatic carbocycles. The molecule has 2 aliphatic rings. The van der Waals surface area contributed by atoms with Crippen LogP contribution in [-0.4, -0.2) is 171 Å². The Morgan fingerprint density at radius 1 is 0.338 bits per heavy atom. The molecular weight excluding hydrogens is 1750 g/mol. The van der Waals surface area contributed by atoms with Gasteiger partial charge in [0.25, 0.3) is 0 Å². The molecule has 0 saturated carbocycles. The maximum absolute atomic E-state index is 15.5. The van der Waals surface area contributed by atoms with E-state index in [1.54, 1.807) is 0 Å². The SMILES string of the molecule is CCCCCCCCCCCCCC(C)C(=O)OC(CC(=O)NC1C(O)OC(COC2OC(CO)C(O[P+]([O-])(O)O)C(OC(=O)CC(OC(=O)C(C)CCCCCCCCCCC)C(C)CCCCCCCCC)C2NC(=O)CC(OC(=O)C(C)CCCCCCCCC)C(C)CCCCCCCCC)C(O)C1OC(=O)CC(O)C(C)CCCCCCCCC)C(C)CCCCCCCCC. The summed E-state index contributed by atoms with van der Waals surface area (Å²) < 4.78 is 56.5. The molecule has 21 atom stereocenters. The Bertz CT molecular complexity index is 2950. The molecule has 0 spiro atoms. The number of phosphoric ester groups is 1. The van der Waals surface area contributed by atoms with Crippen molar-refractivity contribution in [3.8, 4) is 0 Å². The number of aliphatic hydroxyl groups excluding tert-OH is 4. The number of carbonyl (C=O) groups excluding carboxylic acids is 7. The van der Waals surface area contributed by atoms with E-state index in [1.165, 1.54) is 70.6 Å². The molecule has 2 saturated heterocycles. The van der Waals surface area contributed by atoms with Gasteiger partial charge in [-0.2, -0.15) is 14.3 Å². The molecule has 2 rings (SSSR count). The van der Waals surface area contributed by atoms with Gasteiger partial charge in [-0.15, -0.1) is 0 Å². The second-order valence-corrected chi connectivity index (χ2v) is 42.9. The molecule has 2 amide bonds. The molecule has 26 heteroatoms. The van der Waals surface area contributed by atoms with Crippen molar-refractivity contribution in [2.75, 3.05) is 13.2 Å². The second kappa shape index (κ2) is 81.6. The topological polar surface area (TPSA) is 371 Å². The predicted octanol–water partition coefficient (Wildman–Crippen LogP) is 24.4. The van der Waals surface area contributed by atoms with Gasteiger partial charge in [0.1, 0.15) is 48.7 Å². The summed E-state index contributed by atoms with van der Waals surface area (Å²) in [6.07, 6.45) is 40.8. The first-order chi connectivity index (χ1) is 65.4. The Morgan fingerprint density at radius 3 is 0.919 bits per heavy atom. The van der Waals surface area contributed by atoms with Crippen molar-refractivity contribution >= 4 is 49.8 Å². The van der Waals surface area contributed by atoms with Crippen LogP contribution < -0.4 is 15.5 Å². The van der Waals surface area contributed by atoms with E-state index in [-0.39, 0.29) is 18.3 Å². The number of rotatable bonds is 90. The summed E-state index contributed by atoms with van der Waals surface area (Å²) in [5.41, 5.74) is 0. The van der Waals surface area contributed by atoms with E-state index in [1.807, 2.05) is 48.5 Å². The second-order valence-electron chi connectivity index (χ2n) is 41.7. The third kappa shape index (κ3) is 60.8. The number of phosphoric acid groups is 1. The van der Waals surface area contributed by atoms with Gasteiger partial charge >= 0.3 is 38.0 Å². The molecule has 136 heavy (non-hydrogen) atoms. The van der Waals surface area contributed by atoms with Gasteiger partial charge in [-0.3, -0.25) is 33.6 Å². The maximum Gasteiger partial charge on any atom is 0.374 e. The molecule has 25 nitrogen and oxygen atoms in total. The summed E-state index contributed by atoms with van der Waals surface area (Å²) in [6.45, 7) is 26.4. The normalized spacial score (nSPS) is 21.1. The lowest BCUT2D eigenvalue weighted by atomic mass is 9.92. The smallest absolute Gasteiger partial charge is 0.374 e. The van der Waals surface area contributed by atoms with Crippen LogP contribution in [0, 0.1) is 41.4 Å². The number of unbranched alkanes of at least 4 members (excludes halogenated alkanes) is 48. The van der Waals surface area contributed by atoms with Gasteiger partial charge in [0, 0.05) is 0 Å². The highest BCUT2D eigenvalue weighted by molar-refractivity contribution is 7.51. The van der Waals surface area contributed by atoms with Crippen LogP contribution in [0.5, 0.6) is 0 Å². The van der Waals surface area contributed by atoms with E-state index < -0.39 is 198 Å². The molecule has 0 radical (unpaired) electrons. The average molecular weight is 1960 g/mol. The highest BCUT2D eigenvalue weighted by Crippen LogP contribution is 2.46. The van der Waals surface area contributed by atoms with E-state index >= 15 is 9.59 Å². The molecule has 8 N–H and O–H groups in total. The first-order valence-electron chi connectivity index (χ1n) is 56.3. The Morgan fingerprint density at radius 2 is 0.610 bits per heavy atom. The number of carbonyl (C=O) groups is 7. The lowest BCUT2D eigenvalue weighted by molar-refractivity contribution is -0.307. The van der Waals surface area contributed by atoms with Crippen molar-refractivity contribution in [2.45, 2.75) is 606 Å². The molecular formula is C110H207N2O23P. The van der Waals surface area contributed by atoms with Crippen LogP contribution in [0.4, 0.5) is 0 Å². The molecule has 0 bridgehead atoms. The van der Waals surface area contributed by atoms with Gasteiger partial charge in [-0.25, -0.2) is 0 Å². The largest absolute Gasteiger partial charge is 0.606 e. The van der Waals surface area contributed by atoms with Gasteiger partial charge < -0.3 is 73.8 Å². The summed E-state index contributed by atoms with van der Waals surface area (Å²) in [5.74, 6) is -8.04. The third-order valence-corrected chi connectivity index (χ3v) is 29.3. The Balaban J connectivity index is 2.97. The van der Waals surface area contributed by atoms with Crippen molar-refractivity contribution in [3.05, 3.63) is 0 Å². The third-order valence-electron chi connectivity index (χ3n) is 28.8. The first kappa shape index (κ1) is 128. The minimum absolute atomic E-state index is 0.303. The highest BCUT2D eigenvalue weighted by atomic mass is 31.2. The van der Waals surface area contributed by atoms with Gasteiger partial charge in [0.15, 0.2) is 30.9 Å². The lowest BCUT2D eigenvalue weighted by Gasteiger charge is -2.46. The molecule has 2 aliphatic heterocycles. The predicted molar refractivity (Wildman–Crippen MR) is 543 cm³/mol. The Labute approximate surface area is 828 Å². The van der Waals surface area contributed by atoms with Crippen molar-refractivity contribution in [1.82, 2.24) is 10.6 Å². The lowest BCUT2D eigenvalue weighted by Crippen LogP contribution is -2.68.